The first-order valence-electron chi connectivity index (χ1n) is 7.39. The number of rotatable bonds is 6. The van der Waals surface area contributed by atoms with Crippen molar-refractivity contribution in [2.45, 2.75) is 69.5 Å². The molecule has 1 aliphatic carbocycles. The predicted octanol–water partition coefficient (Wildman–Crippen LogP) is 2.00. The fourth-order valence-electron chi connectivity index (χ4n) is 2.76. The van der Waals surface area contributed by atoms with Gasteiger partial charge in [0.1, 0.15) is 0 Å². The Hall–Kier alpha value is -0.850. The van der Waals surface area contributed by atoms with Crippen molar-refractivity contribution in [1.82, 2.24) is 9.29 Å². The second-order valence-electron chi connectivity index (χ2n) is 5.47. The van der Waals surface area contributed by atoms with E-state index in [0.717, 1.165) is 38.6 Å². The maximum Gasteiger partial charge on any atom is 0.242 e. The van der Waals surface area contributed by atoms with Gasteiger partial charge in [0, 0.05) is 24.5 Å². The molecule has 1 heterocycles. The second-order valence-corrected chi connectivity index (χ2v) is 7.19. The first-order valence-corrected chi connectivity index (χ1v) is 8.87. The molecule has 1 saturated carbocycles. The van der Waals surface area contributed by atoms with Crippen LogP contribution < -0.4 is 4.72 Å². The molecule has 0 atom stereocenters. The van der Waals surface area contributed by atoms with Gasteiger partial charge >= 0.3 is 0 Å². The Kier molecular flexibility index (Phi) is 5.23. The van der Waals surface area contributed by atoms with Crippen molar-refractivity contribution in [2.75, 3.05) is 0 Å². The summed E-state index contributed by atoms with van der Waals surface area (Å²) in [5.74, 6) is 0. The number of aryl methyl sites for hydroxylation is 1. The Morgan fingerprint density at radius 2 is 2.05 bits per heavy atom. The van der Waals surface area contributed by atoms with Gasteiger partial charge in [0.2, 0.25) is 10.0 Å². The highest BCUT2D eigenvalue weighted by atomic mass is 32.2. The summed E-state index contributed by atoms with van der Waals surface area (Å²) in [7, 11) is -3.47. The molecule has 0 unspecified atom stereocenters. The quantitative estimate of drug-likeness (QED) is 0.844. The number of aromatic nitrogens is 1. The Balaban J connectivity index is 2.15. The van der Waals surface area contributed by atoms with Crippen molar-refractivity contribution in [1.29, 1.82) is 0 Å². The minimum Gasteiger partial charge on any atom is -0.390 e. The number of hydrogen-bond donors (Lipinski definition) is 2. The molecule has 114 valence electrons. The molecule has 2 N–H and O–H groups in total. The summed E-state index contributed by atoms with van der Waals surface area (Å²) in [6, 6.07) is 1.63. The van der Waals surface area contributed by atoms with Crippen LogP contribution in [0.1, 0.15) is 51.1 Å². The van der Waals surface area contributed by atoms with E-state index < -0.39 is 10.0 Å². The Bertz CT molecular complexity index is 531. The molecule has 0 radical (unpaired) electrons. The Labute approximate surface area is 121 Å². The zero-order valence-corrected chi connectivity index (χ0v) is 12.8. The Morgan fingerprint density at radius 3 is 2.65 bits per heavy atom. The summed E-state index contributed by atoms with van der Waals surface area (Å²) in [5.41, 5.74) is 0.649. The minimum absolute atomic E-state index is 0.0563. The predicted molar refractivity (Wildman–Crippen MR) is 77.8 cm³/mol. The van der Waals surface area contributed by atoms with Crippen LogP contribution in [0.2, 0.25) is 0 Å². The SMILES string of the molecule is CCCn1cc(S(=O)(=O)NC2CCCCC2)cc1CO. The first-order chi connectivity index (χ1) is 9.56. The van der Waals surface area contributed by atoms with Gasteiger partial charge in [0.25, 0.3) is 0 Å². The van der Waals surface area contributed by atoms with Gasteiger partial charge in [0.15, 0.2) is 0 Å². The summed E-state index contributed by atoms with van der Waals surface area (Å²) in [4.78, 5) is 0.264. The first kappa shape index (κ1) is 15.5. The van der Waals surface area contributed by atoms with E-state index in [4.69, 9.17) is 0 Å². The number of sulfonamides is 1. The van der Waals surface area contributed by atoms with Crippen LogP contribution in [0.15, 0.2) is 17.2 Å². The largest absolute Gasteiger partial charge is 0.390 e. The number of nitrogens with zero attached hydrogens (tertiary/aromatic N) is 1. The van der Waals surface area contributed by atoms with E-state index in [1.807, 2.05) is 11.5 Å². The number of aliphatic hydroxyl groups is 1. The topological polar surface area (TPSA) is 71.3 Å². The molecular formula is C14H24N2O3S. The lowest BCUT2D eigenvalue weighted by molar-refractivity contribution is 0.270. The van der Waals surface area contributed by atoms with Crippen molar-refractivity contribution in [2.24, 2.45) is 0 Å². The van der Waals surface area contributed by atoms with Crippen LogP contribution >= 0.6 is 0 Å². The van der Waals surface area contributed by atoms with Crippen molar-refractivity contribution in [3.05, 3.63) is 18.0 Å². The van der Waals surface area contributed by atoms with Crippen LogP contribution in [-0.4, -0.2) is 24.1 Å². The average Bonchev–Trinajstić information content (AvgIpc) is 2.84. The highest BCUT2D eigenvalue weighted by molar-refractivity contribution is 7.89. The fraction of sp³-hybridized carbons (Fsp3) is 0.714. The zero-order valence-electron chi connectivity index (χ0n) is 12.0. The van der Waals surface area contributed by atoms with Gasteiger partial charge in [-0.2, -0.15) is 0 Å². The third-order valence-corrected chi connectivity index (χ3v) is 5.31. The molecule has 1 fully saturated rings. The third kappa shape index (κ3) is 3.62. The fourth-order valence-corrected chi connectivity index (χ4v) is 4.13. The van der Waals surface area contributed by atoms with Gasteiger partial charge in [0.05, 0.1) is 11.5 Å². The second kappa shape index (κ2) is 6.74. The zero-order chi connectivity index (χ0) is 14.6. The standard InChI is InChI=1S/C14H24N2O3S/c1-2-8-16-10-14(9-13(16)11-17)20(18,19)15-12-6-4-3-5-7-12/h9-10,12,15,17H,2-8,11H2,1H3. The smallest absolute Gasteiger partial charge is 0.242 e. The molecule has 1 aromatic rings. The van der Waals surface area contributed by atoms with Crippen LogP contribution in [-0.2, 0) is 23.2 Å². The lowest BCUT2D eigenvalue weighted by Crippen LogP contribution is -2.36. The minimum atomic E-state index is -3.47. The molecule has 20 heavy (non-hydrogen) atoms. The Morgan fingerprint density at radius 1 is 1.35 bits per heavy atom. The van der Waals surface area contributed by atoms with Crippen LogP contribution in [0.4, 0.5) is 0 Å². The van der Waals surface area contributed by atoms with Gasteiger partial charge in [-0.25, -0.2) is 13.1 Å². The number of nitrogens with one attached hydrogen (secondary N) is 1. The summed E-state index contributed by atoms with van der Waals surface area (Å²) >= 11 is 0. The highest BCUT2D eigenvalue weighted by Gasteiger charge is 2.23. The van der Waals surface area contributed by atoms with Crippen LogP contribution in [0.3, 0.4) is 0 Å². The molecule has 0 bridgehead atoms. The van der Waals surface area contributed by atoms with Gasteiger partial charge in [-0.15, -0.1) is 0 Å². The third-order valence-electron chi connectivity index (χ3n) is 3.82. The van der Waals surface area contributed by atoms with Crippen molar-refractivity contribution >= 4 is 10.0 Å². The molecule has 2 rings (SSSR count). The van der Waals surface area contributed by atoms with Crippen molar-refractivity contribution in [3.8, 4) is 0 Å². The maximum atomic E-state index is 12.4. The van der Waals surface area contributed by atoms with E-state index in [1.165, 1.54) is 6.42 Å². The molecular weight excluding hydrogens is 276 g/mol. The van der Waals surface area contributed by atoms with Gasteiger partial charge in [-0.05, 0) is 25.3 Å². The average molecular weight is 300 g/mol. The summed E-state index contributed by atoms with van der Waals surface area (Å²) in [6.07, 6.45) is 7.73. The van der Waals surface area contributed by atoms with Crippen LogP contribution in [0, 0.1) is 0 Å². The van der Waals surface area contributed by atoms with Gasteiger partial charge in [-0.3, -0.25) is 0 Å². The van der Waals surface area contributed by atoms with Crippen molar-refractivity contribution < 1.29 is 13.5 Å². The molecule has 1 aromatic heterocycles. The molecule has 0 aromatic carbocycles. The van der Waals surface area contributed by atoms with Gasteiger partial charge < -0.3 is 9.67 Å². The van der Waals surface area contributed by atoms with E-state index in [9.17, 15) is 13.5 Å². The normalized spacial score (nSPS) is 17.5. The molecule has 5 nitrogen and oxygen atoms in total. The lowest BCUT2D eigenvalue weighted by Gasteiger charge is -2.22. The van der Waals surface area contributed by atoms with Crippen molar-refractivity contribution in [3.63, 3.8) is 0 Å². The van der Waals surface area contributed by atoms with E-state index in [1.54, 1.807) is 12.3 Å². The number of aliphatic hydroxyl groups excluding tert-OH is 1. The molecule has 0 saturated heterocycles. The van der Waals surface area contributed by atoms with Crippen LogP contribution in [0.5, 0.6) is 0 Å². The number of hydrogen-bond acceptors (Lipinski definition) is 3. The summed E-state index contributed by atoms with van der Waals surface area (Å²) in [5, 5.41) is 9.31. The maximum absolute atomic E-state index is 12.4. The van der Waals surface area contributed by atoms with Crippen LogP contribution in [0.25, 0.3) is 0 Å². The lowest BCUT2D eigenvalue weighted by atomic mass is 9.96. The van der Waals surface area contributed by atoms with E-state index in [0.29, 0.717) is 5.69 Å². The molecule has 1 aliphatic rings. The van der Waals surface area contributed by atoms with Gasteiger partial charge in [-0.1, -0.05) is 26.2 Å². The summed E-state index contributed by atoms with van der Waals surface area (Å²) < 4.78 is 29.4. The summed E-state index contributed by atoms with van der Waals surface area (Å²) in [6.45, 7) is 2.60. The monoisotopic (exact) mass is 300 g/mol. The van der Waals surface area contributed by atoms with E-state index in [2.05, 4.69) is 4.72 Å². The van der Waals surface area contributed by atoms with E-state index >= 15 is 0 Å². The molecule has 0 amide bonds. The van der Waals surface area contributed by atoms with E-state index in [-0.39, 0.29) is 17.5 Å². The molecule has 0 aliphatic heterocycles. The highest BCUT2D eigenvalue weighted by Crippen LogP contribution is 2.21. The molecule has 0 spiro atoms. The molecule has 6 heteroatoms.